The van der Waals surface area contributed by atoms with Gasteiger partial charge in [0.15, 0.2) is 0 Å². The second-order valence-electron chi connectivity index (χ2n) is 6.89. The Labute approximate surface area is 188 Å². The van der Waals surface area contributed by atoms with Crippen molar-refractivity contribution in [3.05, 3.63) is 60.8 Å². The maximum absolute atomic E-state index is 11.8. The minimum atomic E-state index is 0.429. The molecule has 0 aliphatic rings. The van der Waals surface area contributed by atoms with Gasteiger partial charge in [-0.25, -0.2) is 0 Å². The number of allylic oxidation sites excluding steroid dienone is 10. The van der Waals surface area contributed by atoms with Crippen molar-refractivity contribution in [2.75, 3.05) is 11.5 Å². The van der Waals surface area contributed by atoms with E-state index in [1.165, 1.54) is 12.2 Å². The van der Waals surface area contributed by atoms with Crippen LogP contribution in [0.2, 0.25) is 0 Å². The number of carbonyl (C=O) groups excluding carboxylic acids is 1. The van der Waals surface area contributed by atoms with Crippen molar-refractivity contribution in [3.8, 4) is 0 Å². The molecule has 0 aliphatic carbocycles. The van der Waals surface area contributed by atoms with Gasteiger partial charge in [-0.15, -0.1) is 0 Å². The standard InChI is InChI=1S/C26H42OS2/c1-3-5-6-7-8-9-10-11-12-13-14-15-16-17-18-19-20-22-26(27)23-21-25-29-28-24-4-2/h5-6,8-9,11-12,14-15,17-18H,3-4,7,10,13,16,19-25H2,1-2H3/b6-5-,9-8-,12-11-,15-14-,18-17-. The quantitative estimate of drug-likeness (QED) is 0.108. The van der Waals surface area contributed by atoms with Gasteiger partial charge in [0.2, 0.25) is 0 Å². The zero-order valence-corrected chi connectivity index (χ0v) is 20.3. The van der Waals surface area contributed by atoms with Gasteiger partial charge in [-0.05, 0) is 57.8 Å². The first-order valence-electron chi connectivity index (χ1n) is 11.3. The molecule has 0 atom stereocenters. The van der Waals surface area contributed by atoms with Gasteiger partial charge in [0.05, 0.1) is 0 Å². The third-order valence-corrected chi connectivity index (χ3v) is 6.74. The van der Waals surface area contributed by atoms with Gasteiger partial charge in [-0.1, -0.05) is 96.2 Å². The minimum absolute atomic E-state index is 0.429. The Balaban J connectivity index is 3.47. The van der Waals surface area contributed by atoms with E-state index in [1.807, 2.05) is 21.6 Å². The lowest BCUT2D eigenvalue weighted by Crippen LogP contribution is -1.97. The first kappa shape index (κ1) is 28.1. The summed E-state index contributed by atoms with van der Waals surface area (Å²) in [5, 5.41) is 0. The third kappa shape index (κ3) is 25.0. The molecular weight excluding hydrogens is 392 g/mol. The summed E-state index contributed by atoms with van der Waals surface area (Å²) in [6.45, 7) is 4.36. The molecule has 0 aliphatic heterocycles. The summed E-state index contributed by atoms with van der Waals surface area (Å²) >= 11 is 0. The maximum atomic E-state index is 11.8. The van der Waals surface area contributed by atoms with Gasteiger partial charge in [0.1, 0.15) is 5.78 Å². The van der Waals surface area contributed by atoms with Crippen LogP contribution in [-0.4, -0.2) is 17.3 Å². The van der Waals surface area contributed by atoms with Crippen LogP contribution in [-0.2, 0) is 4.79 Å². The molecule has 0 rings (SSSR count). The summed E-state index contributed by atoms with van der Waals surface area (Å²) in [6, 6.07) is 0. The molecule has 0 heterocycles. The largest absolute Gasteiger partial charge is 0.300 e. The van der Waals surface area contributed by atoms with E-state index >= 15 is 0 Å². The fraction of sp³-hybridized carbons (Fsp3) is 0.577. The van der Waals surface area contributed by atoms with E-state index in [0.29, 0.717) is 5.78 Å². The predicted octanol–water partition coefficient (Wildman–Crippen LogP) is 9.05. The summed E-state index contributed by atoms with van der Waals surface area (Å²) in [6.07, 6.45) is 33.1. The second-order valence-corrected chi connectivity index (χ2v) is 9.59. The molecule has 0 saturated carbocycles. The van der Waals surface area contributed by atoms with Gasteiger partial charge in [0, 0.05) is 24.3 Å². The topological polar surface area (TPSA) is 17.1 Å². The molecule has 0 spiro atoms. The number of ketones is 1. The molecule has 0 amide bonds. The molecule has 0 aromatic rings. The van der Waals surface area contributed by atoms with Crippen LogP contribution in [0.25, 0.3) is 0 Å². The van der Waals surface area contributed by atoms with Crippen molar-refractivity contribution in [2.45, 2.75) is 84.5 Å². The molecule has 1 nitrogen and oxygen atoms in total. The van der Waals surface area contributed by atoms with Crippen molar-refractivity contribution in [1.29, 1.82) is 0 Å². The zero-order chi connectivity index (χ0) is 21.3. The molecule has 29 heavy (non-hydrogen) atoms. The molecule has 0 radical (unpaired) electrons. The van der Waals surface area contributed by atoms with E-state index in [-0.39, 0.29) is 0 Å². The molecule has 0 aromatic heterocycles. The lowest BCUT2D eigenvalue weighted by atomic mass is 10.1. The smallest absolute Gasteiger partial charge is 0.132 e. The number of hydrogen-bond acceptors (Lipinski definition) is 3. The summed E-state index contributed by atoms with van der Waals surface area (Å²) in [5.41, 5.74) is 0. The van der Waals surface area contributed by atoms with Crippen LogP contribution in [0.4, 0.5) is 0 Å². The maximum Gasteiger partial charge on any atom is 0.132 e. The predicted molar refractivity (Wildman–Crippen MR) is 138 cm³/mol. The number of hydrogen-bond donors (Lipinski definition) is 0. The fourth-order valence-electron chi connectivity index (χ4n) is 2.44. The van der Waals surface area contributed by atoms with Crippen molar-refractivity contribution in [2.24, 2.45) is 0 Å². The molecule has 0 aromatic carbocycles. The Morgan fingerprint density at radius 3 is 1.66 bits per heavy atom. The first-order chi connectivity index (χ1) is 14.3. The number of Topliss-reactive ketones (excluding diaryl/α,β-unsaturated/α-hetero) is 1. The lowest BCUT2D eigenvalue weighted by molar-refractivity contribution is -0.119. The Kier molecular flexibility index (Phi) is 24.3. The zero-order valence-electron chi connectivity index (χ0n) is 18.7. The fourth-order valence-corrected chi connectivity index (χ4v) is 4.67. The van der Waals surface area contributed by atoms with E-state index in [9.17, 15) is 4.79 Å². The van der Waals surface area contributed by atoms with Crippen molar-refractivity contribution < 1.29 is 4.79 Å². The van der Waals surface area contributed by atoms with Crippen molar-refractivity contribution in [3.63, 3.8) is 0 Å². The minimum Gasteiger partial charge on any atom is -0.300 e. The monoisotopic (exact) mass is 434 g/mol. The highest BCUT2D eigenvalue weighted by atomic mass is 33.1. The molecule has 0 bridgehead atoms. The highest BCUT2D eigenvalue weighted by Crippen LogP contribution is 2.23. The Morgan fingerprint density at radius 2 is 1.10 bits per heavy atom. The number of rotatable bonds is 20. The molecule has 0 saturated heterocycles. The Hall–Kier alpha value is -0.930. The van der Waals surface area contributed by atoms with Crippen molar-refractivity contribution in [1.82, 2.24) is 0 Å². The molecular formula is C26H42OS2. The molecule has 3 heteroatoms. The molecule has 0 N–H and O–H groups in total. The average molecular weight is 435 g/mol. The third-order valence-electron chi connectivity index (χ3n) is 4.04. The molecule has 0 fully saturated rings. The Morgan fingerprint density at radius 1 is 0.621 bits per heavy atom. The van der Waals surface area contributed by atoms with Gasteiger partial charge in [0.25, 0.3) is 0 Å². The van der Waals surface area contributed by atoms with Crippen LogP contribution < -0.4 is 0 Å². The molecule has 0 unspecified atom stereocenters. The van der Waals surface area contributed by atoms with E-state index in [0.717, 1.165) is 70.0 Å². The van der Waals surface area contributed by atoms with Gasteiger partial charge in [-0.2, -0.15) is 0 Å². The van der Waals surface area contributed by atoms with E-state index in [1.54, 1.807) is 0 Å². The SMILES string of the molecule is CC/C=C\C/C=C\C/C=C\C/C=C\C/C=C\CCCC(=O)CCCSSCCC. The second kappa shape index (κ2) is 25.1. The number of unbranched alkanes of at least 4 members (excludes halogenated alkanes) is 1. The van der Waals surface area contributed by atoms with E-state index in [2.05, 4.69) is 74.6 Å². The highest BCUT2D eigenvalue weighted by molar-refractivity contribution is 8.76. The lowest BCUT2D eigenvalue weighted by Gasteiger charge is -2.00. The van der Waals surface area contributed by atoms with Crippen LogP contribution in [0.1, 0.15) is 84.5 Å². The van der Waals surface area contributed by atoms with Crippen LogP contribution in [0.3, 0.4) is 0 Å². The highest BCUT2D eigenvalue weighted by Gasteiger charge is 2.01. The van der Waals surface area contributed by atoms with Crippen LogP contribution >= 0.6 is 21.6 Å². The first-order valence-corrected chi connectivity index (χ1v) is 13.8. The van der Waals surface area contributed by atoms with Gasteiger partial charge >= 0.3 is 0 Å². The van der Waals surface area contributed by atoms with Crippen LogP contribution in [0.5, 0.6) is 0 Å². The molecule has 164 valence electrons. The number of carbonyl (C=O) groups is 1. The van der Waals surface area contributed by atoms with Crippen LogP contribution in [0, 0.1) is 0 Å². The normalized spacial score (nSPS) is 12.6. The van der Waals surface area contributed by atoms with E-state index in [4.69, 9.17) is 0 Å². The summed E-state index contributed by atoms with van der Waals surface area (Å²) in [5.74, 6) is 2.75. The van der Waals surface area contributed by atoms with Gasteiger partial charge < -0.3 is 0 Å². The van der Waals surface area contributed by atoms with Crippen molar-refractivity contribution >= 4 is 27.4 Å². The average Bonchev–Trinajstić information content (AvgIpc) is 2.73. The summed E-state index contributed by atoms with van der Waals surface area (Å²) < 4.78 is 0. The van der Waals surface area contributed by atoms with Gasteiger partial charge in [-0.3, -0.25) is 4.79 Å². The summed E-state index contributed by atoms with van der Waals surface area (Å²) in [7, 11) is 3.84. The Bertz CT molecular complexity index is 501. The van der Waals surface area contributed by atoms with Crippen LogP contribution in [0.15, 0.2) is 60.8 Å². The summed E-state index contributed by atoms with van der Waals surface area (Å²) in [4.78, 5) is 11.8. The van der Waals surface area contributed by atoms with E-state index < -0.39 is 0 Å².